The number of anilines is 1. The highest BCUT2D eigenvalue weighted by Gasteiger charge is 2.38. The van der Waals surface area contributed by atoms with Crippen LogP contribution in [-0.2, 0) is 118 Å². The predicted molar refractivity (Wildman–Crippen MR) is 563 cm³/mol. The van der Waals surface area contributed by atoms with Gasteiger partial charge in [0.2, 0.25) is 0 Å². The Hall–Kier alpha value is -11.8. The van der Waals surface area contributed by atoms with Crippen LogP contribution in [0, 0.1) is 0 Å². The lowest BCUT2D eigenvalue weighted by Crippen LogP contribution is -2.40. The van der Waals surface area contributed by atoms with Gasteiger partial charge in [-0.3, -0.25) is 19.3 Å². The van der Waals surface area contributed by atoms with E-state index in [1.807, 2.05) is 107 Å². The highest BCUT2D eigenvalue weighted by molar-refractivity contribution is 6.64. The molecule has 0 radical (unpaired) electrons. The zero-order valence-corrected chi connectivity index (χ0v) is 85.9. The lowest BCUT2D eigenvalue weighted by molar-refractivity contribution is -0.140. The number of nitrogens with one attached hydrogen (secondary N) is 2. The summed E-state index contributed by atoms with van der Waals surface area (Å²) in [7, 11) is -2.53. The summed E-state index contributed by atoms with van der Waals surface area (Å²) in [6.45, 7) is 36.5. The van der Waals surface area contributed by atoms with Gasteiger partial charge in [0, 0.05) is 78.4 Å². The van der Waals surface area contributed by atoms with E-state index in [9.17, 15) is 43.2 Å². The zero-order valence-electron chi connectivity index (χ0n) is 85.9. The maximum atomic E-state index is 12.2. The van der Waals surface area contributed by atoms with Crippen molar-refractivity contribution in [2.75, 3.05) is 151 Å². The first-order chi connectivity index (χ1) is 71.8. The summed E-state index contributed by atoms with van der Waals surface area (Å²) in [4.78, 5) is 105. The van der Waals surface area contributed by atoms with Crippen LogP contribution in [0.2, 0.25) is 0 Å². The van der Waals surface area contributed by atoms with Gasteiger partial charge in [-0.2, -0.15) is 0 Å². The molecule has 2 amide bonds. The molecule has 7 atom stereocenters. The smallest absolute Gasteiger partial charge is 0.462 e. The van der Waals surface area contributed by atoms with Gasteiger partial charge in [0.25, 0.3) is 18.3 Å². The molecule has 7 aromatic carbocycles. The third-order valence-electron chi connectivity index (χ3n) is 22.3. The highest BCUT2D eigenvalue weighted by atomic mass is 16.7. The molecule has 14 rings (SSSR count). The first-order valence-corrected chi connectivity index (χ1v) is 49.4. The van der Waals surface area contributed by atoms with Crippen LogP contribution in [0.15, 0.2) is 225 Å². The van der Waals surface area contributed by atoms with Crippen LogP contribution in [-0.4, -0.2) is 318 Å². The quantitative estimate of drug-likeness (QED) is 0.00517. The summed E-state index contributed by atoms with van der Waals surface area (Å²) in [5.74, 6) is -2.65. The molecular formula is C103H137B7N6O33. The van der Waals surface area contributed by atoms with Crippen LogP contribution in [0.3, 0.4) is 0 Å². The molecule has 0 spiro atoms. The van der Waals surface area contributed by atoms with Gasteiger partial charge in [0.05, 0.1) is 139 Å². The Kier molecular flexibility index (Phi) is 55.3. The molecule has 0 aliphatic carbocycles. The average Bonchev–Trinajstić information content (AvgIpc) is 1.71. The summed E-state index contributed by atoms with van der Waals surface area (Å²) < 4.78 is 113. The summed E-state index contributed by atoms with van der Waals surface area (Å²) in [5, 5.41) is 32.3. The fraction of sp³-hybridized carbons (Fsp3) is 0.427. The Morgan fingerprint density at radius 2 is 0.685 bits per heavy atom. The van der Waals surface area contributed by atoms with E-state index in [1.54, 1.807) is 118 Å². The second-order valence-electron chi connectivity index (χ2n) is 35.4. The van der Waals surface area contributed by atoms with Crippen molar-refractivity contribution in [1.82, 2.24) is 15.5 Å². The summed E-state index contributed by atoms with van der Waals surface area (Å²) in [5.41, 5.74) is 27.1. The van der Waals surface area contributed by atoms with Crippen LogP contribution >= 0.6 is 0 Å². The molecular weight excluding hydrogens is 1920 g/mol. The van der Waals surface area contributed by atoms with Crippen molar-refractivity contribution in [2.24, 2.45) is 11.5 Å². The molecule has 7 aliphatic rings. The van der Waals surface area contributed by atoms with Crippen LogP contribution in [0.5, 0.6) is 5.75 Å². The van der Waals surface area contributed by atoms with Crippen LogP contribution in [0.1, 0.15) is 135 Å². The SMILES string of the molecule is C=C(C)C(=O)OCCCCC1COB(c2ccc(OC=O)cc2)O1.C=C(C)C(=O)OCCCCC1COB(c2ccccc2)O1.C=C(C)C(=O)OCCOC(=O)c1ccc(B2OCC(C)O2)cc1.C=C(C)C(=O)OCCOC(=O)c1ccc(B2OCC(CO)O2)cc1.CC1COB(c2ccc(C(=O)NC(CO)CO)cc2)O1.CC1COB(c2ccc(C(=O)NCCN(CCN)CCN)cc2)O1.CC1COB(c2ccc(N)cc2)O1. The Morgan fingerprint density at radius 3 is 1.01 bits per heavy atom. The van der Waals surface area contributed by atoms with E-state index >= 15 is 0 Å². The minimum absolute atomic E-state index is 0.00282. The molecule has 7 aromatic rings. The van der Waals surface area contributed by atoms with Gasteiger partial charge >= 0.3 is 85.6 Å². The molecule has 149 heavy (non-hydrogen) atoms. The molecule has 7 saturated heterocycles. The van der Waals surface area contributed by atoms with E-state index < -0.39 is 51.3 Å². The van der Waals surface area contributed by atoms with Gasteiger partial charge < -0.3 is 141 Å². The molecule has 7 aliphatic heterocycles. The van der Waals surface area contributed by atoms with E-state index in [-0.39, 0.29) is 147 Å². The van der Waals surface area contributed by atoms with E-state index in [0.717, 1.165) is 102 Å². The number of nitrogen functional groups attached to an aromatic ring is 1. The molecule has 798 valence electrons. The second kappa shape index (κ2) is 67.4. The number of aliphatic hydroxyl groups excluding tert-OH is 3. The number of benzene rings is 7. The van der Waals surface area contributed by atoms with Gasteiger partial charge in [-0.1, -0.05) is 129 Å². The Morgan fingerprint density at radius 1 is 0.383 bits per heavy atom. The van der Waals surface area contributed by atoms with E-state index in [4.69, 9.17) is 131 Å². The number of amides is 2. The summed E-state index contributed by atoms with van der Waals surface area (Å²) in [6.07, 6.45) is 5.41. The number of nitrogens with two attached hydrogens (primary N) is 3. The number of hydrogen-bond donors (Lipinski definition) is 8. The number of aliphatic hydroxyl groups is 3. The molecule has 0 aromatic heterocycles. The van der Waals surface area contributed by atoms with Crippen LogP contribution in [0.25, 0.3) is 0 Å². The van der Waals surface area contributed by atoms with Crippen molar-refractivity contribution in [3.05, 3.63) is 247 Å². The maximum Gasteiger partial charge on any atom is 0.494 e. The fourth-order valence-electron chi connectivity index (χ4n) is 14.2. The van der Waals surface area contributed by atoms with Gasteiger partial charge in [0.15, 0.2) is 0 Å². The number of nitrogens with zero attached hydrogens (tertiary/aromatic N) is 1. The minimum atomic E-state index is -0.649. The Labute approximate surface area is 873 Å². The van der Waals surface area contributed by atoms with Crippen molar-refractivity contribution in [3.8, 4) is 5.75 Å². The lowest BCUT2D eigenvalue weighted by Gasteiger charge is -2.20. The average molecular weight is 2060 g/mol. The Balaban J connectivity index is 0.000000213. The van der Waals surface area contributed by atoms with Gasteiger partial charge in [-0.15, -0.1) is 0 Å². The molecule has 7 heterocycles. The maximum absolute atomic E-state index is 12.2. The third kappa shape index (κ3) is 44.7. The number of rotatable bonds is 44. The monoisotopic (exact) mass is 2060 g/mol. The van der Waals surface area contributed by atoms with E-state index in [1.165, 1.54) is 6.92 Å². The van der Waals surface area contributed by atoms with Crippen LogP contribution < -0.4 is 70.8 Å². The largest absolute Gasteiger partial charge is 0.494 e. The molecule has 39 nitrogen and oxygen atoms in total. The van der Waals surface area contributed by atoms with Crippen molar-refractivity contribution in [1.29, 1.82) is 0 Å². The number of unbranched alkanes of at least 4 members (excludes halogenated alkanes) is 2. The third-order valence-corrected chi connectivity index (χ3v) is 22.3. The molecule has 0 saturated carbocycles. The van der Waals surface area contributed by atoms with Crippen molar-refractivity contribution in [2.45, 2.75) is 143 Å². The Bertz CT molecular complexity index is 5290. The van der Waals surface area contributed by atoms with Crippen LogP contribution in [0.4, 0.5) is 5.69 Å². The van der Waals surface area contributed by atoms with E-state index in [0.29, 0.717) is 130 Å². The minimum Gasteiger partial charge on any atom is -0.462 e. The van der Waals surface area contributed by atoms with Crippen molar-refractivity contribution in [3.63, 3.8) is 0 Å². The number of hydrogen-bond acceptors (Lipinski definition) is 37. The fourth-order valence-corrected chi connectivity index (χ4v) is 14.2. The van der Waals surface area contributed by atoms with Crippen molar-refractivity contribution < 1.29 is 157 Å². The number of esters is 6. The zero-order chi connectivity index (χ0) is 108. The summed E-state index contributed by atoms with van der Waals surface area (Å²) >= 11 is 0. The standard InChI is InChI=1S/C17H21BO6.C16H27BN4O3.C16H19BO7.C16H19BO6.C16H21BO4.C13H18BNO5.C9H12BNO2/c1-13(2)17(20)21-10-4-3-5-16-11-23-18(24-16)14-6-8-15(9-7-14)22-12-19;1-13-12-23-17(24-13)15-4-2-14(3-5-15)16(22)20-8-11-21(9-6-18)10-7-19;1-11(2)15(19)21-7-8-22-16(20)12-3-5-13(6-4-12)17-23-10-14(9-18)24-17;1-11(2)15(18)20-8-9-21-16(19)13-4-6-14(7-5-13)17-22-10-12(3)23-17;1-13(2)16(18)19-11-7-6-10-15-12-20-17(21-15)14-8-4-3-5-9-14;1-9-8-19-14(20-9)11-4-2-10(3-5-11)13(18)15-12(6-16)7-17;1-7-6-12-10(13-7)8-2-4-9(11)5-3-8/h6-9,12,16H,1,3-5,10-11H2,2H3;2-5,13H,6-12,18-19H2,1H3,(H,20,22);3-6,14,18H,1,7-10H2,2H3;4-7,12H,1,8-10H2,2-3H3;3-5,8-9,15H,1,6-7,10-12H2,2H3;2-5,9,12,16-17H,6-8H2,1H3,(H,15,18);2-5,7H,6,11H2,1H3. The first-order valence-electron chi connectivity index (χ1n) is 49.4. The molecule has 7 unspecified atom stereocenters. The molecule has 11 N–H and O–H groups in total. The molecule has 46 heteroatoms. The predicted octanol–water partition coefficient (Wildman–Crippen LogP) is 2.93. The molecule has 0 bridgehead atoms. The number of carbonyl (C=O) groups is 9. The topological polar surface area (TPSA) is 514 Å². The summed E-state index contributed by atoms with van der Waals surface area (Å²) in [6, 6.07) is 51.4. The number of carbonyl (C=O) groups excluding carboxylic acids is 9. The normalized spacial score (nSPS) is 17.8. The highest BCUT2D eigenvalue weighted by Crippen LogP contribution is 2.21. The second-order valence-corrected chi connectivity index (χ2v) is 35.4. The lowest BCUT2D eigenvalue weighted by atomic mass is 9.79. The van der Waals surface area contributed by atoms with Gasteiger partial charge in [0.1, 0.15) is 32.2 Å². The van der Waals surface area contributed by atoms with E-state index in [2.05, 4.69) is 41.8 Å². The van der Waals surface area contributed by atoms with Gasteiger partial charge in [-0.25, -0.2) is 28.8 Å². The molecule has 7 fully saturated rings. The first kappa shape index (κ1) is 122. The van der Waals surface area contributed by atoms with Crippen molar-refractivity contribution >= 4 is 148 Å². The van der Waals surface area contributed by atoms with Gasteiger partial charge in [-0.05, 0) is 205 Å². The number of ether oxygens (including phenoxy) is 7.